The van der Waals surface area contributed by atoms with Crippen LogP contribution in [0.5, 0.6) is 0 Å². The zero-order valence-corrected chi connectivity index (χ0v) is 18.6. The molecule has 1 aliphatic carbocycles. The first-order valence-corrected chi connectivity index (χ1v) is 11.7. The molecule has 1 saturated carbocycles. The van der Waals surface area contributed by atoms with Gasteiger partial charge >= 0.3 is 0 Å². The van der Waals surface area contributed by atoms with Gasteiger partial charge in [-0.3, -0.25) is 9.59 Å². The van der Waals surface area contributed by atoms with E-state index in [-0.39, 0.29) is 5.91 Å². The van der Waals surface area contributed by atoms with Gasteiger partial charge in [-0.1, -0.05) is 43.4 Å². The molecular weight excluding hydrogens is 410 g/mol. The first-order chi connectivity index (χ1) is 15.1. The van der Waals surface area contributed by atoms with Crippen LogP contribution in [0, 0.1) is 5.92 Å². The van der Waals surface area contributed by atoms with Crippen LogP contribution in [0.3, 0.4) is 0 Å². The molecule has 2 amide bonds. The van der Waals surface area contributed by atoms with Crippen LogP contribution in [0.15, 0.2) is 48.5 Å². The monoisotopic (exact) mass is 439 g/mol. The smallest absolute Gasteiger partial charge is 0.255 e. The summed E-state index contributed by atoms with van der Waals surface area (Å²) in [4.78, 5) is 29.2. The lowest BCUT2D eigenvalue weighted by molar-refractivity contribution is -0.131. The summed E-state index contributed by atoms with van der Waals surface area (Å²) in [6.07, 6.45) is 7.03. The summed E-state index contributed by atoms with van der Waals surface area (Å²) in [5, 5.41) is 3.45. The molecule has 6 heteroatoms. The van der Waals surface area contributed by atoms with Gasteiger partial charge in [-0.2, -0.15) is 0 Å². The third kappa shape index (κ3) is 5.79. The quantitative estimate of drug-likeness (QED) is 0.672. The molecule has 0 atom stereocenters. The summed E-state index contributed by atoms with van der Waals surface area (Å²) in [6.45, 7) is 3.22. The second-order valence-corrected chi connectivity index (χ2v) is 9.00. The van der Waals surface area contributed by atoms with E-state index in [0.717, 1.165) is 49.9 Å². The van der Waals surface area contributed by atoms with Crippen molar-refractivity contribution in [2.45, 2.75) is 38.5 Å². The molecule has 0 unspecified atom stereocenters. The average Bonchev–Trinajstić information content (AvgIpc) is 3.32. The van der Waals surface area contributed by atoms with Gasteiger partial charge in [-0.05, 0) is 54.8 Å². The maximum atomic E-state index is 12.5. The van der Waals surface area contributed by atoms with E-state index in [1.165, 1.54) is 25.7 Å². The number of nitrogens with zero attached hydrogens (tertiary/aromatic N) is 2. The molecule has 2 aromatic carbocycles. The van der Waals surface area contributed by atoms with Crippen molar-refractivity contribution in [1.82, 2.24) is 4.90 Å². The predicted octanol–water partition coefficient (Wildman–Crippen LogP) is 5.21. The van der Waals surface area contributed by atoms with Crippen LogP contribution in [-0.2, 0) is 4.79 Å². The molecule has 0 bridgehead atoms. The summed E-state index contributed by atoms with van der Waals surface area (Å²) in [6, 6.07) is 14.8. The highest BCUT2D eigenvalue weighted by atomic mass is 35.5. The van der Waals surface area contributed by atoms with Gasteiger partial charge in [-0.15, -0.1) is 0 Å². The van der Waals surface area contributed by atoms with Gasteiger partial charge in [0.25, 0.3) is 5.91 Å². The summed E-state index contributed by atoms with van der Waals surface area (Å²) in [7, 11) is 0. The molecular formula is C25H30ClN3O2. The maximum Gasteiger partial charge on any atom is 0.255 e. The standard InChI is InChI=1S/C25H30ClN3O2/c26-21-7-3-6-20(18-21)25(31)27-22-9-11-23(12-10-22)28-14-16-29(17-15-28)24(30)13-8-19-4-1-2-5-19/h3,6-7,9-12,18-19H,1-2,4-5,8,13-17H2,(H,27,31). The van der Waals surface area contributed by atoms with Gasteiger partial charge in [-0.25, -0.2) is 0 Å². The molecule has 31 heavy (non-hydrogen) atoms. The number of hydrogen-bond donors (Lipinski definition) is 1. The van der Waals surface area contributed by atoms with Crippen molar-refractivity contribution in [2.24, 2.45) is 5.92 Å². The van der Waals surface area contributed by atoms with Gasteiger partial charge in [0.15, 0.2) is 0 Å². The lowest BCUT2D eigenvalue weighted by Crippen LogP contribution is -2.48. The molecule has 1 heterocycles. The zero-order valence-electron chi connectivity index (χ0n) is 17.9. The Hall–Kier alpha value is -2.53. The topological polar surface area (TPSA) is 52.7 Å². The zero-order chi connectivity index (χ0) is 21.6. The predicted molar refractivity (Wildman–Crippen MR) is 126 cm³/mol. The molecule has 1 saturated heterocycles. The molecule has 1 aliphatic heterocycles. The fourth-order valence-electron chi connectivity index (χ4n) is 4.59. The van der Waals surface area contributed by atoms with Crippen LogP contribution in [0.4, 0.5) is 11.4 Å². The number of carbonyl (C=O) groups is 2. The number of hydrogen-bond acceptors (Lipinski definition) is 3. The first-order valence-electron chi connectivity index (χ1n) is 11.3. The van der Waals surface area contributed by atoms with Crippen LogP contribution in [0.25, 0.3) is 0 Å². The van der Waals surface area contributed by atoms with E-state index in [9.17, 15) is 9.59 Å². The molecule has 2 aromatic rings. The molecule has 4 rings (SSSR count). The van der Waals surface area contributed by atoms with E-state index in [0.29, 0.717) is 22.9 Å². The first kappa shape index (κ1) is 21.7. The number of carbonyl (C=O) groups excluding carboxylic acids is 2. The third-order valence-corrected chi connectivity index (χ3v) is 6.69. The van der Waals surface area contributed by atoms with Crippen LogP contribution in [0.2, 0.25) is 5.02 Å². The van der Waals surface area contributed by atoms with Crippen LogP contribution >= 0.6 is 11.6 Å². The SMILES string of the molecule is O=C(Nc1ccc(N2CCN(C(=O)CCC3CCCC3)CC2)cc1)c1cccc(Cl)c1. The number of rotatable bonds is 6. The molecule has 2 aliphatic rings. The minimum absolute atomic E-state index is 0.181. The molecule has 2 fully saturated rings. The lowest BCUT2D eigenvalue weighted by Gasteiger charge is -2.36. The minimum atomic E-state index is -0.181. The molecule has 0 spiro atoms. The number of piperazine rings is 1. The Balaban J connectivity index is 1.25. The summed E-state index contributed by atoms with van der Waals surface area (Å²) < 4.78 is 0. The normalized spacial score (nSPS) is 17.1. The number of benzene rings is 2. The van der Waals surface area contributed by atoms with Gasteiger partial charge in [0, 0.05) is 54.6 Å². The van der Waals surface area contributed by atoms with Gasteiger partial charge in [0.05, 0.1) is 0 Å². The second-order valence-electron chi connectivity index (χ2n) is 8.57. The van der Waals surface area contributed by atoms with Crippen molar-refractivity contribution in [2.75, 3.05) is 36.4 Å². The Bertz CT molecular complexity index is 901. The van der Waals surface area contributed by atoms with Crippen molar-refractivity contribution in [3.8, 4) is 0 Å². The Kier molecular flexibility index (Phi) is 7.13. The summed E-state index contributed by atoms with van der Waals surface area (Å²) >= 11 is 5.97. The highest BCUT2D eigenvalue weighted by Crippen LogP contribution is 2.29. The van der Waals surface area contributed by atoms with E-state index in [4.69, 9.17) is 11.6 Å². The Morgan fingerprint density at radius 2 is 1.68 bits per heavy atom. The highest BCUT2D eigenvalue weighted by molar-refractivity contribution is 6.31. The molecule has 0 radical (unpaired) electrons. The number of anilines is 2. The van der Waals surface area contributed by atoms with Gasteiger partial charge in [0.1, 0.15) is 0 Å². The third-order valence-electron chi connectivity index (χ3n) is 6.45. The fraction of sp³-hybridized carbons (Fsp3) is 0.440. The number of nitrogens with one attached hydrogen (secondary N) is 1. The molecule has 1 N–H and O–H groups in total. The van der Waals surface area contributed by atoms with Crippen LogP contribution < -0.4 is 10.2 Å². The van der Waals surface area contributed by atoms with Gasteiger partial charge < -0.3 is 15.1 Å². The second kappa shape index (κ2) is 10.2. The Morgan fingerprint density at radius 1 is 0.968 bits per heavy atom. The van der Waals surface area contributed by atoms with E-state index in [2.05, 4.69) is 10.2 Å². The van der Waals surface area contributed by atoms with Gasteiger partial charge in [0.2, 0.25) is 5.91 Å². The Morgan fingerprint density at radius 3 is 2.35 bits per heavy atom. The lowest BCUT2D eigenvalue weighted by atomic mass is 10.0. The maximum absolute atomic E-state index is 12.5. The van der Waals surface area contributed by atoms with E-state index >= 15 is 0 Å². The van der Waals surface area contributed by atoms with Crippen LogP contribution in [0.1, 0.15) is 48.9 Å². The molecule has 5 nitrogen and oxygen atoms in total. The van der Waals surface area contributed by atoms with E-state index in [1.54, 1.807) is 24.3 Å². The Labute approximate surface area is 189 Å². The molecule has 0 aromatic heterocycles. The van der Waals surface area contributed by atoms with Crippen molar-refractivity contribution in [1.29, 1.82) is 0 Å². The van der Waals surface area contributed by atoms with Crippen LogP contribution in [-0.4, -0.2) is 42.9 Å². The number of amides is 2. The minimum Gasteiger partial charge on any atom is -0.368 e. The molecule has 164 valence electrons. The van der Waals surface area contributed by atoms with Crippen molar-refractivity contribution >= 4 is 34.8 Å². The van der Waals surface area contributed by atoms with Crippen molar-refractivity contribution in [3.05, 3.63) is 59.1 Å². The average molecular weight is 440 g/mol. The summed E-state index contributed by atoms with van der Waals surface area (Å²) in [5.41, 5.74) is 2.39. The van der Waals surface area contributed by atoms with E-state index < -0.39 is 0 Å². The van der Waals surface area contributed by atoms with Crippen molar-refractivity contribution < 1.29 is 9.59 Å². The number of halogens is 1. The fourth-order valence-corrected chi connectivity index (χ4v) is 4.78. The largest absolute Gasteiger partial charge is 0.368 e. The summed E-state index contributed by atoms with van der Waals surface area (Å²) in [5.74, 6) is 0.897. The van der Waals surface area contributed by atoms with E-state index in [1.807, 2.05) is 29.2 Å². The highest BCUT2D eigenvalue weighted by Gasteiger charge is 2.23. The van der Waals surface area contributed by atoms with Crippen molar-refractivity contribution in [3.63, 3.8) is 0 Å².